The molecular formula is C10H7BrF4O3. The van der Waals surface area contributed by atoms with Crippen molar-refractivity contribution >= 4 is 21.9 Å². The van der Waals surface area contributed by atoms with Crippen LogP contribution >= 0.6 is 15.9 Å². The van der Waals surface area contributed by atoms with Crippen LogP contribution in [0.2, 0.25) is 0 Å². The topological polar surface area (TPSA) is 46.5 Å². The van der Waals surface area contributed by atoms with Gasteiger partial charge in [-0.3, -0.25) is 0 Å². The molecule has 0 heterocycles. The Kier molecular flexibility index (Phi) is 4.94. The van der Waals surface area contributed by atoms with E-state index < -0.39 is 42.3 Å². The van der Waals surface area contributed by atoms with Crippen molar-refractivity contribution in [2.75, 3.05) is 6.67 Å². The molecular weight excluding hydrogens is 324 g/mol. The van der Waals surface area contributed by atoms with Crippen LogP contribution in [0.25, 0.3) is 0 Å². The van der Waals surface area contributed by atoms with E-state index in [9.17, 15) is 22.4 Å². The van der Waals surface area contributed by atoms with Crippen LogP contribution < -0.4 is 4.74 Å². The van der Waals surface area contributed by atoms with Gasteiger partial charge in [0.15, 0.2) is 17.7 Å². The Bertz CT molecular complexity index is 453. The summed E-state index contributed by atoms with van der Waals surface area (Å²) in [5.74, 6) is -3.66. The second kappa shape index (κ2) is 6.03. The normalized spacial score (nSPS) is 12.6. The number of carbonyl (C=O) groups is 1. The number of benzene rings is 1. The van der Waals surface area contributed by atoms with Gasteiger partial charge in [-0.05, 0) is 28.1 Å². The van der Waals surface area contributed by atoms with E-state index in [0.717, 1.165) is 12.1 Å². The van der Waals surface area contributed by atoms with Crippen LogP contribution in [0.3, 0.4) is 0 Å². The fraction of sp³-hybridized carbons (Fsp3) is 0.300. The molecule has 1 atom stereocenters. The first kappa shape index (κ1) is 14.7. The molecule has 3 nitrogen and oxygen atoms in total. The summed E-state index contributed by atoms with van der Waals surface area (Å²) in [7, 11) is 0. The zero-order valence-electron chi connectivity index (χ0n) is 8.67. The highest BCUT2D eigenvalue weighted by molar-refractivity contribution is 9.10. The minimum absolute atomic E-state index is 0.172. The van der Waals surface area contributed by atoms with Crippen molar-refractivity contribution in [3.63, 3.8) is 0 Å². The predicted molar refractivity (Wildman–Crippen MR) is 57.5 cm³/mol. The van der Waals surface area contributed by atoms with Gasteiger partial charge >= 0.3 is 5.97 Å². The van der Waals surface area contributed by atoms with Crippen molar-refractivity contribution in [3.8, 4) is 5.75 Å². The number of carboxylic acids is 1. The number of alkyl halides is 3. The molecule has 0 aromatic heterocycles. The summed E-state index contributed by atoms with van der Waals surface area (Å²) in [6.45, 7) is -1.57. The van der Waals surface area contributed by atoms with E-state index in [0.29, 0.717) is 0 Å². The fourth-order valence-electron chi connectivity index (χ4n) is 1.12. The third-order valence-corrected chi connectivity index (χ3v) is 2.60. The van der Waals surface area contributed by atoms with Gasteiger partial charge in [0.05, 0.1) is 4.47 Å². The number of carboxylic acid groups (broad SMARTS) is 1. The molecule has 0 aliphatic heterocycles. The molecule has 0 amide bonds. The highest BCUT2D eigenvalue weighted by Gasteiger charge is 2.27. The van der Waals surface area contributed by atoms with Crippen LogP contribution in [-0.4, -0.2) is 30.3 Å². The van der Waals surface area contributed by atoms with E-state index in [-0.39, 0.29) is 4.47 Å². The third kappa shape index (κ3) is 3.12. The average Bonchev–Trinajstić information content (AvgIpc) is 2.30. The van der Waals surface area contributed by atoms with Crippen molar-refractivity contribution < 1.29 is 32.2 Å². The first-order valence-corrected chi connectivity index (χ1v) is 5.39. The number of aromatic carboxylic acids is 1. The lowest BCUT2D eigenvalue weighted by atomic mass is 10.2. The molecule has 100 valence electrons. The summed E-state index contributed by atoms with van der Waals surface area (Å²) in [6, 6.07) is 2.05. The van der Waals surface area contributed by atoms with E-state index in [4.69, 9.17) is 5.11 Å². The molecule has 0 saturated heterocycles. The smallest absolute Gasteiger partial charge is 0.339 e. The number of hydrogen-bond donors (Lipinski definition) is 1. The zero-order valence-corrected chi connectivity index (χ0v) is 10.3. The summed E-state index contributed by atoms with van der Waals surface area (Å²) < 4.78 is 54.7. The molecule has 1 N–H and O–H groups in total. The number of halogens is 5. The maximum atomic E-state index is 13.6. The molecule has 18 heavy (non-hydrogen) atoms. The van der Waals surface area contributed by atoms with Gasteiger partial charge in [0, 0.05) is 0 Å². The molecule has 8 heteroatoms. The third-order valence-electron chi connectivity index (χ3n) is 1.98. The van der Waals surface area contributed by atoms with Crippen LogP contribution in [-0.2, 0) is 0 Å². The van der Waals surface area contributed by atoms with E-state index in [2.05, 4.69) is 20.7 Å². The average molecular weight is 331 g/mol. The van der Waals surface area contributed by atoms with Crippen LogP contribution in [0, 0.1) is 5.82 Å². The Morgan fingerprint density at radius 2 is 2.06 bits per heavy atom. The largest absolute Gasteiger partial charge is 0.478 e. The first-order valence-electron chi connectivity index (χ1n) is 4.60. The second-order valence-corrected chi connectivity index (χ2v) is 4.04. The fourth-order valence-corrected chi connectivity index (χ4v) is 1.43. The van der Waals surface area contributed by atoms with E-state index >= 15 is 0 Å². The van der Waals surface area contributed by atoms with Crippen LogP contribution in [0.15, 0.2) is 16.6 Å². The van der Waals surface area contributed by atoms with Crippen molar-refractivity contribution in [2.45, 2.75) is 12.5 Å². The zero-order chi connectivity index (χ0) is 13.9. The minimum atomic E-state index is -3.20. The summed E-state index contributed by atoms with van der Waals surface area (Å²) in [5, 5.41) is 8.76. The SMILES string of the molecule is O=C(O)c1ccc(Br)c(F)c1O[C@@H](CF)C(F)F. The number of rotatable bonds is 5. The van der Waals surface area contributed by atoms with Gasteiger partial charge in [-0.2, -0.15) is 0 Å². The van der Waals surface area contributed by atoms with Crippen molar-refractivity contribution in [2.24, 2.45) is 0 Å². The molecule has 1 aromatic rings. The van der Waals surface area contributed by atoms with Gasteiger partial charge in [0.25, 0.3) is 6.43 Å². The van der Waals surface area contributed by atoms with Gasteiger partial charge in [0.1, 0.15) is 12.2 Å². The molecule has 0 aliphatic carbocycles. The van der Waals surface area contributed by atoms with Gasteiger partial charge in [-0.25, -0.2) is 22.4 Å². The molecule has 0 bridgehead atoms. The Morgan fingerprint density at radius 3 is 2.50 bits per heavy atom. The van der Waals surface area contributed by atoms with Crippen molar-refractivity contribution in [1.82, 2.24) is 0 Å². The Hall–Kier alpha value is -1.31. The summed E-state index contributed by atoms with van der Waals surface area (Å²) >= 11 is 2.75. The van der Waals surface area contributed by atoms with Crippen LogP contribution in [0.1, 0.15) is 10.4 Å². The van der Waals surface area contributed by atoms with Gasteiger partial charge < -0.3 is 9.84 Å². The number of ether oxygens (including phenoxy) is 1. The van der Waals surface area contributed by atoms with E-state index in [1.165, 1.54) is 0 Å². The highest BCUT2D eigenvalue weighted by Crippen LogP contribution is 2.30. The van der Waals surface area contributed by atoms with Gasteiger partial charge in [0.2, 0.25) is 0 Å². The maximum absolute atomic E-state index is 13.6. The summed E-state index contributed by atoms with van der Waals surface area (Å²) in [6.07, 6.45) is -5.41. The van der Waals surface area contributed by atoms with E-state index in [1.807, 2.05) is 0 Å². The summed E-state index contributed by atoms with van der Waals surface area (Å²) in [4.78, 5) is 10.8. The van der Waals surface area contributed by atoms with Gasteiger partial charge in [-0.1, -0.05) is 0 Å². The molecule has 0 unspecified atom stereocenters. The lowest BCUT2D eigenvalue weighted by molar-refractivity contribution is -0.00386. The molecule has 0 fully saturated rings. The van der Waals surface area contributed by atoms with Crippen LogP contribution in [0.5, 0.6) is 5.75 Å². The van der Waals surface area contributed by atoms with E-state index in [1.54, 1.807) is 0 Å². The minimum Gasteiger partial charge on any atom is -0.478 e. The first-order chi connectivity index (χ1) is 8.38. The summed E-state index contributed by atoms with van der Waals surface area (Å²) in [5.41, 5.74) is -0.658. The Balaban J connectivity index is 3.20. The lowest BCUT2D eigenvalue weighted by Gasteiger charge is -2.17. The lowest BCUT2D eigenvalue weighted by Crippen LogP contribution is -2.28. The monoisotopic (exact) mass is 330 g/mol. The van der Waals surface area contributed by atoms with Crippen molar-refractivity contribution in [3.05, 3.63) is 28.0 Å². The molecule has 0 radical (unpaired) electrons. The Labute approximate surface area is 107 Å². The second-order valence-electron chi connectivity index (χ2n) is 3.19. The number of hydrogen-bond acceptors (Lipinski definition) is 2. The van der Waals surface area contributed by atoms with Gasteiger partial charge in [-0.15, -0.1) is 0 Å². The predicted octanol–water partition coefficient (Wildman–Crippen LogP) is 3.27. The molecule has 0 saturated carbocycles. The molecule has 1 aromatic carbocycles. The maximum Gasteiger partial charge on any atom is 0.339 e. The van der Waals surface area contributed by atoms with Crippen LogP contribution in [0.4, 0.5) is 17.6 Å². The van der Waals surface area contributed by atoms with Crippen molar-refractivity contribution in [1.29, 1.82) is 0 Å². The molecule has 1 rings (SSSR count). The molecule has 0 spiro atoms. The standard InChI is InChI=1S/C10H7BrF4O3/c11-5-2-1-4(10(16)17)8(7(5)13)18-6(3-12)9(14)15/h1-2,6,9H,3H2,(H,16,17)/t6-/m0/s1. The molecule has 0 aliphatic rings. The highest BCUT2D eigenvalue weighted by atomic mass is 79.9. The quantitative estimate of drug-likeness (QED) is 0.843. The Morgan fingerprint density at radius 1 is 1.44 bits per heavy atom.